The topological polar surface area (TPSA) is 40.5 Å². The van der Waals surface area contributed by atoms with Gasteiger partial charge in [-0.2, -0.15) is 12.8 Å². The molecule has 0 saturated heterocycles. The Morgan fingerprint density at radius 1 is 0.846 bits per heavy atom. The Morgan fingerprint density at radius 2 is 1.15 bits per heavy atom. The van der Waals surface area contributed by atoms with Crippen molar-refractivity contribution in [2.75, 3.05) is 0 Å². The maximum atomic E-state index is 8.07. The predicted molar refractivity (Wildman–Crippen MR) is 57.3 cm³/mol. The summed E-state index contributed by atoms with van der Waals surface area (Å²) in [4.78, 5) is 0. The molecule has 0 rings (SSSR count). The van der Waals surface area contributed by atoms with E-state index in [-0.39, 0.29) is 23.1 Å². The Morgan fingerprint density at radius 3 is 1.23 bits per heavy atom. The van der Waals surface area contributed by atoms with Gasteiger partial charge in [-0.05, 0) is 0 Å². The van der Waals surface area contributed by atoms with E-state index in [0.717, 1.165) is 38.5 Å². The van der Waals surface area contributed by atoms with Crippen LogP contribution >= 0.6 is 0 Å². The van der Waals surface area contributed by atoms with Gasteiger partial charge in [-0.1, -0.05) is 39.5 Å². The maximum Gasteiger partial charge on any atom is 2.00 e. The van der Waals surface area contributed by atoms with E-state index < -0.39 is 0 Å². The molecule has 0 aliphatic heterocycles. The fourth-order valence-corrected chi connectivity index (χ4v) is 0.591. The van der Waals surface area contributed by atoms with E-state index in [9.17, 15) is 0 Å². The molecule has 0 saturated carbocycles. The predicted octanol–water partition coefficient (Wildman–Crippen LogP) is 3.04. The van der Waals surface area contributed by atoms with Crippen molar-refractivity contribution in [3.05, 3.63) is 13.2 Å². The van der Waals surface area contributed by atoms with Gasteiger partial charge in [-0.3, -0.25) is 0 Å². The smallest absolute Gasteiger partial charge is 0.566 e. The minimum Gasteiger partial charge on any atom is -0.566 e. The van der Waals surface area contributed by atoms with E-state index in [4.69, 9.17) is 10.2 Å². The molecule has 3 heteroatoms. The molecule has 0 atom stereocenters. The van der Waals surface area contributed by atoms with E-state index in [2.05, 4.69) is 13.8 Å². The third kappa shape index (κ3) is 32.4. The zero-order valence-electron chi connectivity index (χ0n) is 9.00. The standard InChI is InChI=1S/2C5H11O.Mg/c2*1-2-3-4-5-6;/h2*5-6H,2-4H2,1H3;/q2*-1;+2. The van der Waals surface area contributed by atoms with Crippen molar-refractivity contribution in [1.82, 2.24) is 0 Å². The quantitative estimate of drug-likeness (QED) is 0.391. The maximum absolute atomic E-state index is 8.07. The molecule has 0 radical (unpaired) electrons. The van der Waals surface area contributed by atoms with E-state index in [1.54, 1.807) is 0 Å². The van der Waals surface area contributed by atoms with Crippen molar-refractivity contribution in [1.29, 1.82) is 0 Å². The number of hydrogen-bond acceptors (Lipinski definition) is 2. The first-order valence-corrected chi connectivity index (χ1v) is 4.75. The van der Waals surface area contributed by atoms with E-state index in [0.29, 0.717) is 0 Å². The Kier molecular flexibility index (Phi) is 34.1. The van der Waals surface area contributed by atoms with Gasteiger partial charge in [0, 0.05) is 0 Å². The van der Waals surface area contributed by atoms with Crippen LogP contribution in [0.25, 0.3) is 0 Å². The van der Waals surface area contributed by atoms with Crippen molar-refractivity contribution in [3.8, 4) is 0 Å². The van der Waals surface area contributed by atoms with Crippen LogP contribution in [0.5, 0.6) is 0 Å². The molecule has 0 fully saturated rings. The summed E-state index contributed by atoms with van der Waals surface area (Å²) in [5.41, 5.74) is 0. The van der Waals surface area contributed by atoms with Gasteiger partial charge in [0.25, 0.3) is 0 Å². The fraction of sp³-hybridized carbons (Fsp3) is 0.800. The minimum atomic E-state index is 0. The zero-order valence-corrected chi connectivity index (χ0v) is 10.4. The van der Waals surface area contributed by atoms with Crippen LogP contribution in [0.15, 0.2) is 0 Å². The molecule has 2 N–H and O–H groups in total. The summed E-state index contributed by atoms with van der Waals surface area (Å²) in [7, 11) is 0. The summed E-state index contributed by atoms with van der Waals surface area (Å²) in [6.45, 7) is 6.62. The van der Waals surface area contributed by atoms with E-state index in [1.165, 1.54) is 13.2 Å². The van der Waals surface area contributed by atoms with Crippen molar-refractivity contribution in [3.63, 3.8) is 0 Å². The Labute approximate surface area is 98.9 Å². The third-order valence-electron chi connectivity index (χ3n) is 1.37. The second kappa shape index (κ2) is 23.0. The monoisotopic (exact) mass is 198 g/mol. The average molecular weight is 199 g/mol. The van der Waals surface area contributed by atoms with Crippen molar-refractivity contribution in [2.45, 2.75) is 52.4 Å². The molecule has 76 valence electrons. The molecular formula is C10H22MgO2. The van der Waals surface area contributed by atoms with Gasteiger partial charge in [0.15, 0.2) is 0 Å². The summed E-state index contributed by atoms with van der Waals surface area (Å²) in [5, 5.41) is 16.1. The van der Waals surface area contributed by atoms with Crippen LogP contribution in [-0.2, 0) is 0 Å². The molecule has 0 aliphatic carbocycles. The van der Waals surface area contributed by atoms with Gasteiger partial charge in [-0.15, -0.1) is 0 Å². The molecule has 0 aliphatic rings. The molecule has 0 amide bonds. The van der Waals surface area contributed by atoms with Crippen LogP contribution in [0.3, 0.4) is 0 Å². The van der Waals surface area contributed by atoms with Crippen LogP contribution in [0, 0.1) is 13.2 Å². The van der Waals surface area contributed by atoms with Crippen molar-refractivity contribution >= 4 is 23.1 Å². The van der Waals surface area contributed by atoms with Gasteiger partial charge in [-0.25, -0.2) is 13.2 Å². The summed E-state index contributed by atoms with van der Waals surface area (Å²) < 4.78 is 0. The second-order valence-corrected chi connectivity index (χ2v) is 2.65. The Bertz CT molecular complexity index is 44.9. The summed E-state index contributed by atoms with van der Waals surface area (Å²) in [5.74, 6) is 0. The zero-order chi connectivity index (χ0) is 9.66. The van der Waals surface area contributed by atoms with Crippen LogP contribution in [0.1, 0.15) is 52.4 Å². The molecule has 0 spiro atoms. The summed E-state index contributed by atoms with van der Waals surface area (Å²) in [6.07, 6.45) is 6.23. The van der Waals surface area contributed by atoms with E-state index >= 15 is 0 Å². The number of hydrogen-bond donors (Lipinski definition) is 2. The first-order chi connectivity index (χ1) is 5.83. The molecule has 0 bridgehead atoms. The molecule has 13 heavy (non-hydrogen) atoms. The second-order valence-electron chi connectivity index (χ2n) is 2.65. The fourth-order valence-electron chi connectivity index (χ4n) is 0.591. The van der Waals surface area contributed by atoms with Gasteiger partial charge in [0.1, 0.15) is 0 Å². The van der Waals surface area contributed by atoms with Gasteiger partial charge in [0.2, 0.25) is 0 Å². The largest absolute Gasteiger partial charge is 2.00 e. The van der Waals surface area contributed by atoms with E-state index in [1.807, 2.05) is 0 Å². The van der Waals surface area contributed by atoms with Crippen molar-refractivity contribution in [2.24, 2.45) is 0 Å². The van der Waals surface area contributed by atoms with Crippen molar-refractivity contribution < 1.29 is 10.2 Å². The Hall–Kier alpha value is 0.686. The van der Waals surface area contributed by atoms with Crippen LogP contribution in [-0.4, -0.2) is 33.3 Å². The number of unbranched alkanes of at least 4 members (excludes halogenated alkanes) is 4. The molecule has 0 aromatic rings. The molecule has 0 unspecified atom stereocenters. The number of rotatable bonds is 6. The van der Waals surface area contributed by atoms with Gasteiger partial charge < -0.3 is 10.2 Å². The number of aliphatic hydroxyl groups excluding tert-OH is 2. The molecule has 0 aromatic carbocycles. The van der Waals surface area contributed by atoms with Crippen LogP contribution in [0.4, 0.5) is 0 Å². The average Bonchev–Trinajstić information content (AvgIpc) is 2.12. The Balaban J connectivity index is -0.000000143. The van der Waals surface area contributed by atoms with Gasteiger partial charge in [0.05, 0.1) is 0 Å². The number of aliphatic hydroxyl groups is 2. The first kappa shape index (κ1) is 19.3. The van der Waals surface area contributed by atoms with Gasteiger partial charge >= 0.3 is 23.1 Å². The normalized spacial score (nSPS) is 8.31. The van der Waals surface area contributed by atoms with Crippen LogP contribution in [0.2, 0.25) is 0 Å². The molecule has 0 heterocycles. The summed E-state index contributed by atoms with van der Waals surface area (Å²) in [6, 6.07) is 0. The summed E-state index contributed by atoms with van der Waals surface area (Å²) >= 11 is 0. The molecule has 2 nitrogen and oxygen atoms in total. The first-order valence-electron chi connectivity index (χ1n) is 4.75. The third-order valence-corrected chi connectivity index (χ3v) is 1.37. The minimum absolute atomic E-state index is 0. The molecule has 0 aromatic heterocycles. The SMILES string of the molecule is CCCC[CH-]O.CCCC[CH-]O.[Mg+2]. The molecular weight excluding hydrogens is 176 g/mol. The van der Waals surface area contributed by atoms with Crippen LogP contribution < -0.4 is 0 Å².